The predicted octanol–water partition coefficient (Wildman–Crippen LogP) is -0.256. The maximum absolute atomic E-state index is 11.2. The molecule has 6 nitrogen and oxygen atoms in total. The molecule has 0 fully saturated rings. The molecule has 2 amide bonds. The van der Waals surface area contributed by atoms with Crippen LogP contribution in [0, 0.1) is 5.92 Å². The highest BCUT2D eigenvalue weighted by Crippen LogP contribution is 2.07. The largest absolute Gasteiger partial charge is 0.480 e. The summed E-state index contributed by atoms with van der Waals surface area (Å²) in [6.07, 6.45) is 0.689. The van der Waals surface area contributed by atoms with E-state index >= 15 is 0 Å². The third kappa shape index (κ3) is 5.21. The van der Waals surface area contributed by atoms with E-state index in [1.165, 1.54) is 0 Å². The van der Waals surface area contributed by atoms with Crippen molar-refractivity contribution in [3.8, 4) is 0 Å². The van der Waals surface area contributed by atoms with Crippen LogP contribution in [0.5, 0.6) is 0 Å². The van der Waals surface area contributed by atoms with E-state index in [0.29, 0.717) is 19.5 Å². The Kier molecular flexibility index (Phi) is 6.44. The lowest BCUT2D eigenvalue weighted by Crippen LogP contribution is -2.49. The molecule has 0 saturated carbocycles. The van der Waals surface area contributed by atoms with E-state index in [4.69, 9.17) is 10.8 Å². The highest BCUT2D eigenvalue weighted by Gasteiger charge is 2.24. The SMILES string of the molecule is CCC(C)C(NC(=O)NCCN)C(=O)O. The lowest BCUT2D eigenvalue weighted by atomic mass is 9.99. The smallest absolute Gasteiger partial charge is 0.326 e. The summed E-state index contributed by atoms with van der Waals surface area (Å²) in [5, 5.41) is 13.7. The van der Waals surface area contributed by atoms with E-state index in [1.807, 2.05) is 6.92 Å². The summed E-state index contributed by atoms with van der Waals surface area (Å²) in [5.74, 6) is -1.13. The predicted molar refractivity (Wildman–Crippen MR) is 56.5 cm³/mol. The second-order valence-electron chi connectivity index (χ2n) is 3.39. The molecule has 6 heteroatoms. The molecule has 2 unspecified atom stereocenters. The monoisotopic (exact) mass is 217 g/mol. The number of hydrogen-bond acceptors (Lipinski definition) is 3. The lowest BCUT2D eigenvalue weighted by Gasteiger charge is -2.20. The molecular formula is C9H19N3O3. The van der Waals surface area contributed by atoms with Gasteiger partial charge in [0.05, 0.1) is 0 Å². The van der Waals surface area contributed by atoms with Gasteiger partial charge in [-0.25, -0.2) is 9.59 Å². The van der Waals surface area contributed by atoms with Crippen LogP contribution in [0.3, 0.4) is 0 Å². The van der Waals surface area contributed by atoms with E-state index < -0.39 is 18.0 Å². The van der Waals surface area contributed by atoms with Crippen LogP contribution in [-0.2, 0) is 4.79 Å². The molecule has 2 atom stereocenters. The van der Waals surface area contributed by atoms with Gasteiger partial charge in [-0.3, -0.25) is 0 Å². The van der Waals surface area contributed by atoms with Crippen LogP contribution in [0.4, 0.5) is 4.79 Å². The van der Waals surface area contributed by atoms with Crippen LogP contribution in [-0.4, -0.2) is 36.2 Å². The number of carbonyl (C=O) groups excluding carboxylic acids is 1. The van der Waals surface area contributed by atoms with E-state index in [1.54, 1.807) is 6.92 Å². The number of carboxylic acids is 1. The molecule has 0 aliphatic rings. The van der Waals surface area contributed by atoms with Gasteiger partial charge in [0.15, 0.2) is 0 Å². The summed E-state index contributed by atoms with van der Waals surface area (Å²) in [7, 11) is 0. The molecule has 15 heavy (non-hydrogen) atoms. The quantitative estimate of drug-likeness (QED) is 0.492. The van der Waals surface area contributed by atoms with Crippen molar-refractivity contribution in [3.63, 3.8) is 0 Å². The molecule has 0 spiro atoms. The number of aliphatic carboxylic acids is 1. The van der Waals surface area contributed by atoms with Gasteiger partial charge in [0, 0.05) is 13.1 Å². The summed E-state index contributed by atoms with van der Waals surface area (Å²) in [6.45, 7) is 4.31. The fourth-order valence-corrected chi connectivity index (χ4v) is 1.06. The molecule has 88 valence electrons. The summed E-state index contributed by atoms with van der Waals surface area (Å²) in [4.78, 5) is 22.0. The average molecular weight is 217 g/mol. The molecular weight excluding hydrogens is 198 g/mol. The first-order valence-electron chi connectivity index (χ1n) is 5.00. The Morgan fingerprint density at radius 1 is 1.47 bits per heavy atom. The molecule has 0 aromatic heterocycles. The van der Waals surface area contributed by atoms with Crippen molar-refractivity contribution in [1.82, 2.24) is 10.6 Å². The topological polar surface area (TPSA) is 104 Å². The molecule has 0 aromatic carbocycles. The fraction of sp³-hybridized carbons (Fsp3) is 0.778. The third-order valence-electron chi connectivity index (χ3n) is 2.20. The minimum atomic E-state index is -1.02. The average Bonchev–Trinajstić information content (AvgIpc) is 2.21. The summed E-state index contributed by atoms with van der Waals surface area (Å²) in [6, 6.07) is -1.35. The molecule has 0 aromatic rings. The molecule has 0 rings (SSSR count). The maximum atomic E-state index is 11.2. The number of hydrogen-bond donors (Lipinski definition) is 4. The number of rotatable bonds is 6. The summed E-state index contributed by atoms with van der Waals surface area (Å²) in [5.41, 5.74) is 5.19. The molecule has 5 N–H and O–H groups in total. The Labute approximate surface area is 89.2 Å². The second kappa shape index (κ2) is 7.05. The van der Waals surface area contributed by atoms with Gasteiger partial charge < -0.3 is 21.5 Å². The van der Waals surface area contributed by atoms with E-state index in [0.717, 1.165) is 0 Å². The van der Waals surface area contributed by atoms with Gasteiger partial charge in [-0.15, -0.1) is 0 Å². The zero-order valence-electron chi connectivity index (χ0n) is 9.12. The highest BCUT2D eigenvalue weighted by atomic mass is 16.4. The van der Waals surface area contributed by atoms with Gasteiger partial charge in [-0.05, 0) is 5.92 Å². The zero-order chi connectivity index (χ0) is 11.8. The van der Waals surface area contributed by atoms with Crippen molar-refractivity contribution in [3.05, 3.63) is 0 Å². The van der Waals surface area contributed by atoms with Crippen LogP contribution in [0.15, 0.2) is 0 Å². The van der Waals surface area contributed by atoms with Crippen LogP contribution in [0.2, 0.25) is 0 Å². The lowest BCUT2D eigenvalue weighted by molar-refractivity contribution is -0.140. The molecule has 0 bridgehead atoms. The Morgan fingerprint density at radius 2 is 2.07 bits per heavy atom. The number of amides is 2. The highest BCUT2D eigenvalue weighted by molar-refractivity contribution is 5.82. The zero-order valence-corrected chi connectivity index (χ0v) is 9.12. The van der Waals surface area contributed by atoms with Gasteiger partial charge >= 0.3 is 12.0 Å². The van der Waals surface area contributed by atoms with E-state index in [-0.39, 0.29) is 5.92 Å². The Bertz CT molecular complexity index is 221. The van der Waals surface area contributed by atoms with E-state index in [9.17, 15) is 9.59 Å². The number of carbonyl (C=O) groups is 2. The van der Waals surface area contributed by atoms with Gasteiger partial charge in [0.2, 0.25) is 0 Å². The molecule has 0 heterocycles. The minimum Gasteiger partial charge on any atom is -0.480 e. The number of nitrogens with two attached hydrogens (primary N) is 1. The molecule has 0 aliphatic carbocycles. The van der Waals surface area contributed by atoms with Crippen LogP contribution in [0.1, 0.15) is 20.3 Å². The molecule has 0 saturated heterocycles. The normalized spacial score (nSPS) is 14.1. The van der Waals surface area contributed by atoms with Crippen molar-refractivity contribution >= 4 is 12.0 Å². The standard InChI is InChI=1S/C9H19N3O3/c1-3-6(2)7(8(13)14)12-9(15)11-5-4-10/h6-7H,3-5,10H2,1-2H3,(H,13,14)(H2,11,12,15). The van der Waals surface area contributed by atoms with Gasteiger partial charge in [-0.1, -0.05) is 20.3 Å². The van der Waals surface area contributed by atoms with Gasteiger partial charge in [0.25, 0.3) is 0 Å². The van der Waals surface area contributed by atoms with E-state index in [2.05, 4.69) is 10.6 Å². The third-order valence-corrected chi connectivity index (χ3v) is 2.20. The number of carboxylic acid groups (broad SMARTS) is 1. The van der Waals surface area contributed by atoms with Crippen LogP contribution < -0.4 is 16.4 Å². The van der Waals surface area contributed by atoms with Gasteiger partial charge in [-0.2, -0.15) is 0 Å². The fourth-order valence-electron chi connectivity index (χ4n) is 1.06. The number of urea groups is 1. The van der Waals surface area contributed by atoms with Crippen molar-refractivity contribution in [2.24, 2.45) is 11.7 Å². The first-order chi connectivity index (χ1) is 7.02. The Morgan fingerprint density at radius 3 is 2.47 bits per heavy atom. The van der Waals surface area contributed by atoms with Crippen molar-refractivity contribution in [2.45, 2.75) is 26.3 Å². The van der Waals surface area contributed by atoms with Gasteiger partial charge in [0.1, 0.15) is 6.04 Å². The maximum Gasteiger partial charge on any atom is 0.326 e. The summed E-state index contributed by atoms with van der Waals surface area (Å²) >= 11 is 0. The first-order valence-corrected chi connectivity index (χ1v) is 5.00. The Balaban J connectivity index is 4.16. The minimum absolute atomic E-state index is 0.105. The van der Waals surface area contributed by atoms with Crippen LogP contribution >= 0.6 is 0 Å². The Hall–Kier alpha value is -1.30. The molecule has 0 aliphatic heterocycles. The summed E-state index contributed by atoms with van der Waals surface area (Å²) < 4.78 is 0. The van der Waals surface area contributed by atoms with Crippen LogP contribution in [0.25, 0.3) is 0 Å². The second-order valence-corrected chi connectivity index (χ2v) is 3.39. The van der Waals surface area contributed by atoms with Crippen molar-refractivity contribution in [1.29, 1.82) is 0 Å². The first kappa shape index (κ1) is 13.7. The molecule has 0 radical (unpaired) electrons. The number of nitrogens with one attached hydrogen (secondary N) is 2. The van der Waals surface area contributed by atoms with Crippen molar-refractivity contribution < 1.29 is 14.7 Å². The van der Waals surface area contributed by atoms with Crippen molar-refractivity contribution in [2.75, 3.05) is 13.1 Å².